The molecule has 8 heteroatoms. The average molecular weight is 428 g/mol. The second kappa shape index (κ2) is 11.6. The van der Waals surface area contributed by atoms with E-state index in [1.807, 2.05) is 30.3 Å². The van der Waals surface area contributed by atoms with Crippen LogP contribution >= 0.6 is 0 Å². The summed E-state index contributed by atoms with van der Waals surface area (Å²) in [4.78, 5) is 35.5. The first-order valence-electron chi connectivity index (χ1n) is 10.1. The number of carbonyl (C=O) groups is 3. The number of hydrogen-bond donors (Lipinski definition) is 3. The van der Waals surface area contributed by atoms with Crippen LogP contribution in [0.15, 0.2) is 54.6 Å². The molecule has 2 rings (SSSR count). The van der Waals surface area contributed by atoms with Gasteiger partial charge in [0.25, 0.3) is 5.91 Å². The third-order valence-corrected chi connectivity index (χ3v) is 3.93. The summed E-state index contributed by atoms with van der Waals surface area (Å²) in [5.41, 5.74) is 5.50. The van der Waals surface area contributed by atoms with Gasteiger partial charge in [-0.05, 0) is 57.0 Å². The fraction of sp³-hybridized carbons (Fsp3) is 0.348. The summed E-state index contributed by atoms with van der Waals surface area (Å²) in [5, 5.41) is 2.57. The van der Waals surface area contributed by atoms with Gasteiger partial charge in [-0.2, -0.15) is 0 Å². The van der Waals surface area contributed by atoms with Crippen LogP contribution in [0, 0.1) is 0 Å². The van der Waals surface area contributed by atoms with Gasteiger partial charge in [0, 0.05) is 18.5 Å². The van der Waals surface area contributed by atoms with Crippen LogP contribution in [-0.4, -0.2) is 30.1 Å². The number of ether oxygens (including phenoxy) is 2. The van der Waals surface area contributed by atoms with Crippen molar-refractivity contribution in [1.29, 1.82) is 0 Å². The minimum atomic E-state index is -0.571. The van der Waals surface area contributed by atoms with Crippen LogP contribution in [0.2, 0.25) is 0 Å². The van der Waals surface area contributed by atoms with Crippen molar-refractivity contribution >= 4 is 17.9 Å². The summed E-state index contributed by atoms with van der Waals surface area (Å²) in [6, 6.07) is 16.4. The molecule has 8 nitrogen and oxygen atoms in total. The molecule has 0 aliphatic heterocycles. The van der Waals surface area contributed by atoms with E-state index in [2.05, 4.69) is 16.2 Å². The molecule has 0 radical (unpaired) electrons. The molecule has 31 heavy (non-hydrogen) atoms. The highest BCUT2D eigenvalue weighted by Gasteiger charge is 2.15. The maximum Gasteiger partial charge on any atom is 0.407 e. The maximum absolute atomic E-state index is 12.2. The molecular formula is C23H29N3O5. The van der Waals surface area contributed by atoms with E-state index in [-0.39, 0.29) is 12.3 Å². The van der Waals surface area contributed by atoms with Crippen molar-refractivity contribution in [2.45, 2.75) is 45.8 Å². The molecule has 0 saturated carbocycles. The van der Waals surface area contributed by atoms with Crippen molar-refractivity contribution in [3.8, 4) is 5.75 Å². The van der Waals surface area contributed by atoms with Crippen LogP contribution in [0.4, 0.5) is 4.79 Å². The van der Waals surface area contributed by atoms with Gasteiger partial charge in [-0.3, -0.25) is 20.4 Å². The number of benzene rings is 2. The fourth-order valence-corrected chi connectivity index (χ4v) is 2.45. The summed E-state index contributed by atoms with van der Waals surface area (Å²) in [7, 11) is 0. The minimum Gasteiger partial charge on any atom is -0.489 e. The molecule has 0 heterocycles. The van der Waals surface area contributed by atoms with Crippen molar-refractivity contribution in [1.82, 2.24) is 16.2 Å². The van der Waals surface area contributed by atoms with Gasteiger partial charge in [0.1, 0.15) is 18.0 Å². The predicted molar refractivity (Wildman–Crippen MR) is 116 cm³/mol. The molecule has 0 bridgehead atoms. The third-order valence-electron chi connectivity index (χ3n) is 3.93. The van der Waals surface area contributed by atoms with Crippen LogP contribution < -0.4 is 20.9 Å². The first-order chi connectivity index (χ1) is 14.7. The Morgan fingerprint density at radius 1 is 0.903 bits per heavy atom. The Kier molecular flexibility index (Phi) is 8.87. The lowest BCUT2D eigenvalue weighted by atomic mass is 10.1. The summed E-state index contributed by atoms with van der Waals surface area (Å²) in [5.74, 6) is -0.00342. The van der Waals surface area contributed by atoms with Crippen LogP contribution in [0.1, 0.15) is 49.5 Å². The van der Waals surface area contributed by atoms with Gasteiger partial charge in [-0.25, -0.2) is 4.79 Å². The van der Waals surface area contributed by atoms with E-state index in [0.717, 1.165) is 11.3 Å². The van der Waals surface area contributed by atoms with Crippen molar-refractivity contribution in [3.05, 3.63) is 65.7 Å². The standard InChI is InChI=1S/C23H29N3O5/c1-23(2,3)31-22(29)24-15-7-10-20(27)25-26-21(28)18-13-11-17(12-14-18)16-30-19-8-5-4-6-9-19/h4-6,8-9,11-14H,7,10,15-16H2,1-3H3,(H,24,29)(H,25,27)(H,26,28). The molecule has 2 aromatic rings. The molecule has 166 valence electrons. The van der Waals surface area contributed by atoms with Crippen LogP contribution in [0.25, 0.3) is 0 Å². The van der Waals surface area contributed by atoms with Gasteiger partial charge in [-0.15, -0.1) is 0 Å². The lowest BCUT2D eigenvalue weighted by Gasteiger charge is -2.19. The summed E-state index contributed by atoms with van der Waals surface area (Å²) in [6.45, 7) is 6.00. The second-order valence-electron chi connectivity index (χ2n) is 7.83. The summed E-state index contributed by atoms with van der Waals surface area (Å²) in [6.07, 6.45) is 0.0296. The molecule has 0 aromatic heterocycles. The molecule has 3 amide bonds. The zero-order valence-electron chi connectivity index (χ0n) is 18.1. The van der Waals surface area contributed by atoms with Gasteiger partial charge in [-0.1, -0.05) is 30.3 Å². The van der Waals surface area contributed by atoms with E-state index < -0.39 is 17.6 Å². The highest BCUT2D eigenvalue weighted by atomic mass is 16.6. The quantitative estimate of drug-likeness (QED) is 0.443. The second-order valence-corrected chi connectivity index (χ2v) is 7.83. The number of hydrazine groups is 1. The first-order valence-corrected chi connectivity index (χ1v) is 10.1. The number of rotatable bonds is 8. The topological polar surface area (TPSA) is 106 Å². The number of amides is 3. The van der Waals surface area contributed by atoms with E-state index in [1.54, 1.807) is 45.0 Å². The lowest BCUT2D eigenvalue weighted by Crippen LogP contribution is -2.41. The van der Waals surface area contributed by atoms with Gasteiger partial charge in [0.05, 0.1) is 0 Å². The Bertz CT molecular complexity index is 861. The monoisotopic (exact) mass is 427 g/mol. The predicted octanol–water partition coefficient (Wildman–Crippen LogP) is 3.33. The van der Waals surface area contributed by atoms with Gasteiger partial charge < -0.3 is 14.8 Å². The number of nitrogens with one attached hydrogen (secondary N) is 3. The summed E-state index contributed by atoms with van der Waals surface area (Å²) < 4.78 is 10.8. The highest BCUT2D eigenvalue weighted by Crippen LogP contribution is 2.12. The zero-order valence-corrected chi connectivity index (χ0v) is 18.1. The number of carbonyl (C=O) groups excluding carboxylic acids is 3. The first kappa shape index (κ1) is 23.7. The molecule has 0 aliphatic rings. The van der Waals surface area contributed by atoms with Crippen LogP contribution in [-0.2, 0) is 16.1 Å². The largest absolute Gasteiger partial charge is 0.489 e. The number of para-hydroxylation sites is 1. The lowest BCUT2D eigenvalue weighted by molar-refractivity contribution is -0.121. The van der Waals surface area contributed by atoms with Crippen molar-refractivity contribution in [2.24, 2.45) is 0 Å². The van der Waals surface area contributed by atoms with Crippen molar-refractivity contribution in [3.63, 3.8) is 0 Å². The fourth-order valence-electron chi connectivity index (χ4n) is 2.45. The maximum atomic E-state index is 12.2. The molecule has 0 fully saturated rings. The minimum absolute atomic E-state index is 0.145. The van der Waals surface area contributed by atoms with E-state index in [1.165, 1.54) is 0 Å². The number of hydrogen-bond acceptors (Lipinski definition) is 5. The van der Waals surface area contributed by atoms with Gasteiger partial charge in [0.15, 0.2) is 0 Å². The normalized spacial score (nSPS) is 10.7. The molecule has 2 aromatic carbocycles. The average Bonchev–Trinajstić information content (AvgIpc) is 2.73. The van der Waals surface area contributed by atoms with E-state index in [9.17, 15) is 14.4 Å². The summed E-state index contributed by atoms with van der Waals surface area (Å²) >= 11 is 0. The molecular weight excluding hydrogens is 398 g/mol. The van der Waals surface area contributed by atoms with Gasteiger partial charge in [0.2, 0.25) is 5.91 Å². The Balaban J connectivity index is 1.65. The van der Waals surface area contributed by atoms with E-state index in [0.29, 0.717) is 25.1 Å². The molecule has 0 aliphatic carbocycles. The Morgan fingerprint density at radius 2 is 1.58 bits per heavy atom. The SMILES string of the molecule is CC(C)(C)OC(=O)NCCCC(=O)NNC(=O)c1ccc(COc2ccccc2)cc1. The zero-order chi connectivity index (χ0) is 22.7. The van der Waals surface area contributed by atoms with E-state index >= 15 is 0 Å². The molecule has 0 unspecified atom stereocenters. The molecule has 0 saturated heterocycles. The smallest absolute Gasteiger partial charge is 0.407 e. The Hall–Kier alpha value is -3.55. The molecule has 0 atom stereocenters. The van der Waals surface area contributed by atoms with E-state index in [4.69, 9.17) is 9.47 Å². The number of alkyl carbamates (subject to hydrolysis) is 1. The van der Waals surface area contributed by atoms with Crippen LogP contribution in [0.3, 0.4) is 0 Å². The van der Waals surface area contributed by atoms with Crippen molar-refractivity contribution in [2.75, 3.05) is 6.54 Å². The highest BCUT2D eigenvalue weighted by molar-refractivity contribution is 5.95. The van der Waals surface area contributed by atoms with Crippen LogP contribution in [0.5, 0.6) is 5.75 Å². The third kappa shape index (κ3) is 9.66. The van der Waals surface area contributed by atoms with Crippen molar-refractivity contribution < 1.29 is 23.9 Å². The Morgan fingerprint density at radius 3 is 2.23 bits per heavy atom. The van der Waals surface area contributed by atoms with Gasteiger partial charge >= 0.3 is 6.09 Å². The molecule has 3 N–H and O–H groups in total. The molecule has 0 spiro atoms. The Labute approximate surface area is 182 Å².